The van der Waals surface area contributed by atoms with E-state index in [4.69, 9.17) is 0 Å². The Bertz CT molecular complexity index is 865. The van der Waals surface area contributed by atoms with E-state index in [1.54, 1.807) is 4.57 Å². The maximum absolute atomic E-state index is 12.9. The van der Waals surface area contributed by atoms with Crippen molar-refractivity contribution in [3.05, 3.63) is 22.1 Å². The summed E-state index contributed by atoms with van der Waals surface area (Å²) >= 11 is 1.35. The van der Waals surface area contributed by atoms with Crippen molar-refractivity contribution in [1.82, 2.24) is 19.9 Å². The van der Waals surface area contributed by atoms with E-state index in [2.05, 4.69) is 22.2 Å². The zero-order chi connectivity index (χ0) is 19.6. The van der Waals surface area contributed by atoms with Crippen LogP contribution in [0.4, 0.5) is 0 Å². The minimum Gasteiger partial charge on any atom is -0.353 e. The van der Waals surface area contributed by atoms with Crippen molar-refractivity contribution in [3.8, 4) is 0 Å². The summed E-state index contributed by atoms with van der Waals surface area (Å²) in [5, 5.41) is 3.77. The van der Waals surface area contributed by atoms with Crippen molar-refractivity contribution in [2.24, 2.45) is 5.92 Å². The first-order valence-electron chi connectivity index (χ1n) is 9.93. The Hall–Kier alpha value is -1.76. The molecule has 2 N–H and O–H groups in total. The van der Waals surface area contributed by atoms with Gasteiger partial charge in [-0.1, -0.05) is 25.6 Å². The first kappa shape index (κ1) is 20.0. The van der Waals surface area contributed by atoms with Gasteiger partial charge < -0.3 is 10.3 Å². The molecule has 0 aromatic carbocycles. The Morgan fingerprint density at radius 1 is 1.41 bits per heavy atom. The van der Waals surface area contributed by atoms with Crippen LogP contribution in [0.1, 0.15) is 64.6 Å². The third-order valence-corrected chi connectivity index (χ3v) is 6.48. The maximum atomic E-state index is 12.9. The van der Waals surface area contributed by atoms with Crippen molar-refractivity contribution < 1.29 is 4.79 Å². The molecule has 2 aromatic rings. The number of carbonyl (C=O) groups is 1. The third-order valence-electron chi connectivity index (χ3n) is 5.53. The van der Waals surface area contributed by atoms with Crippen LogP contribution < -0.4 is 10.9 Å². The largest absolute Gasteiger partial charge is 0.353 e. The highest BCUT2D eigenvalue weighted by molar-refractivity contribution is 7.99. The molecule has 0 unspecified atom stereocenters. The van der Waals surface area contributed by atoms with Crippen LogP contribution in [0.2, 0.25) is 0 Å². The van der Waals surface area contributed by atoms with Crippen LogP contribution in [0.3, 0.4) is 0 Å². The average molecular weight is 391 g/mol. The molecule has 1 aliphatic carbocycles. The van der Waals surface area contributed by atoms with Crippen LogP contribution in [0, 0.1) is 12.8 Å². The molecular weight excluding hydrogens is 360 g/mol. The zero-order valence-electron chi connectivity index (χ0n) is 16.7. The highest BCUT2D eigenvalue weighted by Gasteiger charge is 2.21. The van der Waals surface area contributed by atoms with Gasteiger partial charge in [0, 0.05) is 17.8 Å². The number of aromatic nitrogens is 3. The van der Waals surface area contributed by atoms with Gasteiger partial charge >= 0.3 is 0 Å². The van der Waals surface area contributed by atoms with Gasteiger partial charge in [0.1, 0.15) is 5.52 Å². The quantitative estimate of drug-likeness (QED) is 0.581. The van der Waals surface area contributed by atoms with E-state index >= 15 is 0 Å². The summed E-state index contributed by atoms with van der Waals surface area (Å²) < 4.78 is 1.72. The second kappa shape index (κ2) is 8.50. The van der Waals surface area contributed by atoms with Crippen molar-refractivity contribution >= 4 is 28.7 Å². The minimum atomic E-state index is -0.0633. The Balaban J connectivity index is 1.75. The summed E-state index contributed by atoms with van der Waals surface area (Å²) in [4.78, 5) is 33.1. The number of H-pyrrole nitrogens is 1. The Labute approximate surface area is 164 Å². The van der Waals surface area contributed by atoms with E-state index in [9.17, 15) is 9.59 Å². The lowest BCUT2D eigenvalue weighted by Gasteiger charge is -2.26. The van der Waals surface area contributed by atoms with Gasteiger partial charge in [0.15, 0.2) is 5.16 Å². The predicted octanol–water partition coefficient (Wildman–Crippen LogP) is 3.79. The van der Waals surface area contributed by atoms with Gasteiger partial charge in [-0.2, -0.15) is 0 Å². The van der Waals surface area contributed by atoms with E-state index in [0.717, 1.165) is 30.9 Å². The van der Waals surface area contributed by atoms with Gasteiger partial charge in [-0.15, -0.1) is 0 Å². The summed E-state index contributed by atoms with van der Waals surface area (Å²) in [6.07, 6.45) is 5.30. The first-order valence-corrected chi connectivity index (χ1v) is 10.9. The number of aromatic amines is 1. The molecule has 6 nitrogen and oxygen atoms in total. The fourth-order valence-electron chi connectivity index (χ4n) is 3.67. The van der Waals surface area contributed by atoms with Gasteiger partial charge in [-0.25, -0.2) is 4.98 Å². The molecule has 1 atom stereocenters. The van der Waals surface area contributed by atoms with Crippen molar-refractivity contribution in [2.75, 3.05) is 5.75 Å². The summed E-state index contributed by atoms with van der Waals surface area (Å²) in [6, 6.07) is 2.20. The Morgan fingerprint density at radius 3 is 2.78 bits per heavy atom. The van der Waals surface area contributed by atoms with E-state index in [0.29, 0.717) is 16.2 Å². The number of carbonyl (C=O) groups excluding carboxylic acids is 1. The second-order valence-corrected chi connectivity index (χ2v) is 8.79. The molecule has 0 saturated heterocycles. The number of nitrogens with zero attached hydrogens (tertiary/aromatic N) is 2. The molecule has 2 heterocycles. The van der Waals surface area contributed by atoms with Crippen LogP contribution in [0.5, 0.6) is 0 Å². The van der Waals surface area contributed by atoms with Crippen LogP contribution in [-0.4, -0.2) is 32.2 Å². The van der Waals surface area contributed by atoms with Gasteiger partial charge in [-0.05, 0) is 57.9 Å². The van der Waals surface area contributed by atoms with E-state index in [1.165, 1.54) is 24.6 Å². The number of thioether (sulfide) groups is 1. The number of rotatable bonds is 6. The lowest BCUT2D eigenvalue weighted by atomic mass is 9.87. The highest BCUT2D eigenvalue weighted by Crippen LogP contribution is 2.25. The molecule has 148 valence electrons. The fraction of sp³-hybridized carbons (Fsp3) is 0.650. The second-order valence-electron chi connectivity index (χ2n) is 7.85. The van der Waals surface area contributed by atoms with Crippen LogP contribution in [0.25, 0.3) is 11.0 Å². The summed E-state index contributed by atoms with van der Waals surface area (Å²) in [5.74, 6) is 1.07. The summed E-state index contributed by atoms with van der Waals surface area (Å²) in [5.41, 5.74) is 2.06. The Kier molecular flexibility index (Phi) is 6.29. The molecule has 0 bridgehead atoms. The molecule has 1 aliphatic rings. The van der Waals surface area contributed by atoms with Crippen molar-refractivity contribution in [3.63, 3.8) is 0 Å². The van der Waals surface area contributed by atoms with Gasteiger partial charge in [0.05, 0.1) is 11.3 Å². The molecule has 1 amide bonds. The fourth-order valence-corrected chi connectivity index (χ4v) is 4.58. The lowest BCUT2D eigenvalue weighted by Crippen LogP contribution is -2.38. The molecule has 2 aromatic heterocycles. The molecule has 0 spiro atoms. The number of hydrogen-bond donors (Lipinski definition) is 2. The molecule has 0 aliphatic heterocycles. The molecule has 7 heteroatoms. The maximum Gasteiger partial charge on any atom is 0.278 e. The van der Waals surface area contributed by atoms with Crippen LogP contribution >= 0.6 is 11.8 Å². The summed E-state index contributed by atoms with van der Waals surface area (Å²) in [6.45, 7) is 8.25. The van der Waals surface area contributed by atoms with E-state index < -0.39 is 0 Å². The molecule has 1 fully saturated rings. The van der Waals surface area contributed by atoms with E-state index in [1.807, 2.05) is 26.8 Å². The van der Waals surface area contributed by atoms with Crippen LogP contribution in [-0.2, 0) is 4.79 Å². The normalized spacial score (nSPS) is 21.3. The van der Waals surface area contributed by atoms with Gasteiger partial charge in [0.2, 0.25) is 5.91 Å². The molecular formula is C20H30N4O2S. The number of fused-ring (bicyclic) bond motifs is 1. The highest BCUT2D eigenvalue weighted by atomic mass is 32.2. The minimum absolute atomic E-state index is 0.0230. The zero-order valence-corrected chi connectivity index (χ0v) is 17.5. The standard InChI is InChI=1S/C20H30N4O2S/c1-5-14(4)24-19(26)18-16(10-13(3)21-18)23-20(24)27-11-17(25)22-15-8-6-12(2)7-9-15/h10,12,14-15,21H,5-9,11H2,1-4H3,(H,22,25)/t12?,14-,15?/m0/s1. The van der Waals surface area contributed by atoms with Crippen molar-refractivity contribution in [2.45, 2.75) is 77.0 Å². The molecule has 1 saturated carbocycles. The van der Waals surface area contributed by atoms with Gasteiger partial charge in [-0.3, -0.25) is 14.2 Å². The van der Waals surface area contributed by atoms with Crippen LogP contribution in [0.15, 0.2) is 16.0 Å². The third kappa shape index (κ3) is 4.57. The monoisotopic (exact) mass is 390 g/mol. The lowest BCUT2D eigenvalue weighted by molar-refractivity contribution is -0.119. The molecule has 3 rings (SSSR count). The van der Waals surface area contributed by atoms with Crippen molar-refractivity contribution in [1.29, 1.82) is 0 Å². The summed E-state index contributed by atoms with van der Waals surface area (Å²) in [7, 11) is 0. The van der Waals surface area contributed by atoms with Gasteiger partial charge in [0.25, 0.3) is 5.56 Å². The number of aryl methyl sites for hydroxylation is 1. The Morgan fingerprint density at radius 2 is 2.11 bits per heavy atom. The predicted molar refractivity (Wildman–Crippen MR) is 110 cm³/mol. The molecule has 0 radical (unpaired) electrons. The topological polar surface area (TPSA) is 79.8 Å². The first-order chi connectivity index (χ1) is 12.9. The SMILES string of the molecule is CC[C@H](C)n1c(SCC(=O)NC2CCC(C)CC2)nc2cc(C)[nH]c2c1=O. The average Bonchev–Trinajstić information content (AvgIpc) is 3.02. The molecule has 27 heavy (non-hydrogen) atoms. The number of amides is 1. The smallest absolute Gasteiger partial charge is 0.278 e. The number of hydrogen-bond acceptors (Lipinski definition) is 4. The number of nitrogens with one attached hydrogen (secondary N) is 2. The van der Waals surface area contributed by atoms with E-state index in [-0.39, 0.29) is 29.3 Å².